The molecule has 0 aliphatic carbocycles. The van der Waals surface area contributed by atoms with Crippen LogP contribution in [0.4, 0.5) is 11.4 Å². The highest BCUT2D eigenvalue weighted by Gasteiger charge is 2.26. The summed E-state index contributed by atoms with van der Waals surface area (Å²) in [5.74, 6) is -0.139. The zero-order valence-corrected chi connectivity index (χ0v) is 16.2. The monoisotopic (exact) mass is 372 g/mol. The summed E-state index contributed by atoms with van der Waals surface area (Å²) in [7, 11) is -3.32. The fraction of sp³-hybridized carbons (Fsp3) is 0.350. The maximum atomic E-state index is 12.5. The fourth-order valence-corrected chi connectivity index (χ4v) is 4.34. The number of fused-ring (bicyclic) bond motifs is 1. The van der Waals surface area contributed by atoms with Crippen LogP contribution in [0.5, 0.6) is 0 Å². The molecule has 6 heteroatoms. The summed E-state index contributed by atoms with van der Waals surface area (Å²) in [6.45, 7) is 6.11. The van der Waals surface area contributed by atoms with Crippen molar-refractivity contribution in [2.75, 3.05) is 21.9 Å². The second kappa shape index (κ2) is 7.11. The van der Waals surface area contributed by atoms with Crippen LogP contribution in [0, 0.1) is 13.8 Å². The Morgan fingerprint density at radius 1 is 1.12 bits per heavy atom. The highest BCUT2D eigenvalue weighted by Crippen LogP contribution is 2.32. The summed E-state index contributed by atoms with van der Waals surface area (Å²) < 4.78 is 26.2. The first-order chi connectivity index (χ1) is 12.3. The number of nitrogens with zero attached hydrogens (tertiary/aromatic N) is 1. The molecule has 0 saturated carbocycles. The van der Waals surface area contributed by atoms with Crippen LogP contribution in [0.2, 0.25) is 0 Å². The minimum atomic E-state index is -3.32. The van der Waals surface area contributed by atoms with Crippen molar-refractivity contribution in [3.05, 3.63) is 58.7 Å². The number of sulfonamides is 1. The van der Waals surface area contributed by atoms with Gasteiger partial charge < -0.3 is 5.32 Å². The van der Waals surface area contributed by atoms with Crippen LogP contribution in [-0.2, 0) is 16.4 Å². The van der Waals surface area contributed by atoms with Gasteiger partial charge in [0.25, 0.3) is 5.91 Å². The Balaban J connectivity index is 1.89. The predicted molar refractivity (Wildman–Crippen MR) is 105 cm³/mol. The molecule has 3 rings (SSSR count). The Kier molecular flexibility index (Phi) is 5.05. The molecule has 2 aromatic carbocycles. The van der Waals surface area contributed by atoms with Gasteiger partial charge in [0, 0.05) is 17.8 Å². The first kappa shape index (κ1) is 18.5. The Morgan fingerprint density at radius 3 is 2.58 bits per heavy atom. The van der Waals surface area contributed by atoms with Crippen molar-refractivity contribution in [3.8, 4) is 0 Å². The van der Waals surface area contributed by atoms with E-state index in [1.165, 1.54) is 4.31 Å². The van der Waals surface area contributed by atoms with Crippen LogP contribution in [0.1, 0.15) is 40.4 Å². The van der Waals surface area contributed by atoms with E-state index in [2.05, 4.69) is 5.32 Å². The van der Waals surface area contributed by atoms with Gasteiger partial charge in [0.05, 0.1) is 11.4 Å². The van der Waals surface area contributed by atoms with E-state index in [1.54, 1.807) is 19.1 Å². The van der Waals surface area contributed by atoms with Crippen LogP contribution >= 0.6 is 0 Å². The Morgan fingerprint density at radius 2 is 1.88 bits per heavy atom. The van der Waals surface area contributed by atoms with E-state index < -0.39 is 10.0 Å². The van der Waals surface area contributed by atoms with Crippen molar-refractivity contribution in [1.29, 1.82) is 0 Å². The molecule has 0 spiro atoms. The predicted octanol–water partition coefficient (Wildman–Crippen LogP) is 3.66. The number of hydrogen-bond acceptors (Lipinski definition) is 3. The largest absolute Gasteiger partial charge is 0.322 e. The molecule has 1 amide bonds. The molecule has 1 aliphatic rings. The Hall–Kier alpha value is -2.34. The molecule has 2 aromatic rings. The quantitative estimate of drug-likeness (QED) is 0.891. The summed E-state index contributed by atoms with van der Waals surface area (Å²) in [5, 5.41) is 2.88. The number of benzene rings is 2. The highest BCUT2D eigenvalue weighted by atomic mass is 32.2. The average Bonchev–Trinajstić information content (AvgIpc) is 2.63. The zero-order chi connectivity index (χ0) is 18.9. The topological polar surface area (TPSA) is 66.5 Å². The summed E-state index contributed by atoms with van der Waals surface area (Å²) in [6, 6.07) is 11.1. The number of rotatable bonds is 4. The standard InChI is InChI=1S/C20H24N2O3S/c1-4-26(24,25)22-11-5-6-16-9-10-18(13-19(16)22)21-20(23)17-8-7-14(2)15(3)12-17/h7-10,12-13H,4-6,11H2,1-3H3,(H,21,23). The van der Waals surface area contributed by atoms with Crippen molar-refractivity contribution in [3.63, 3.8) is 0 Å². The van der Waals surface area contributed by atoms with Gasteiger partial charge in [0.15, 0.2) is 0 Å². The number of carbonyl (C=O) groups excluding carboxylic acids is 1. The van der Waals surface area contributed by atoms with Gasteiger partial charge in [-0.2, -0.15) is 0 Å². The number of hydrogen-bond donors (Lipinski definition) is 1. The molecule has 0 atom stereocenters. The van der Waals surface area contributed by atoms with Gasteiger partial charge in [-0.15, -0.1) is 0 Å². The highest BCUT2D eigenvalue weighted by molar-refractivity contribution is 7.92. The smallest absolute Gasteiger partial charge is 0.255 e. The Labute approximate surface area is 155 Å². The summed E-state index contributed by atoms with van der Waals surface area (Å²) in [4.78, 5) is 12.5. The third-order valence-corrected chi connectivity index (χ3v) is 6.67. The van der Waals surface area contributed by atoms with Gasteiger partial charge in [0.2, 0.25) is 10.0 Å². The molecule has 0 saturated heterocycles. The molecule has 138 valence electrons. The van der Waals surface area contributed by atoms with Crippen LogP contribution in [0.25, 0.3) is 0 Å². The second-order valence-corrected chi connectivity index (χ2v) is 8.85. The molecular weight excluding hydrogens is 348 g/mol. The van der Waals surface area contributed by atoms with E-state index >= 15 is 0 Å². The normalized spacial score (nSPS) is 14.0. The third kappa shape index (κ3) is 3.60. The van der Waals surface area contributed by atoms with Gasteiger partial charge >= 0.3 is 0 Å². The molecule has 26 heavy (non-hydrogen) atoms. The van der Waals surface area contributed by atoms with E-state index in [0.717, 1.165) is 29.5 Å². The molecule has 1 N–H and O–H groups in total. The number of nitrogens with one attached hydrogen (secondary N) is 1. The summed E-state index contributed by atoms with van der Waals surface area (Å²) in [6.07, 6.45) is 1.65. The fourth-order valence-electron chi connectivity index (χ4n) is 3.15. The van der Waals surface area contributed by atoms with Gasteiger partial charge in [-0.3, -0.25) is 9.10 Å². The SMILES string of the molecule is CCS(=O)(=O)N1CCCc2ccc(NC(=O)c3ccc(C)c(C)c3)cc21. The first-order valence-corrected chi connectivity index (χ1v) is 10.4. The average molecular weight is 372 g/mol. The molecule has 0 bridgehead atoms. The lowest BCUT2D eigenvalue weighted by molar-refractivity contribution is 0.102. The maximum absolute atomic E-state index is 12.5. The number of amides is 1. The summed E-state index contributed by atoms with van der Waals surface area (Å²) in [5.41, 5.74) is 5.06. The second-order valence-electron chi connectivity index (χ2n) is 6.67. The summed E-state index contributed by atoms with van der Waals surface area (Å²) >= 11 is 0. The lowest BCUT2D eigenvalue weighted by Crippen LogP contribution is -2.36. The number of carbonyl (C=O) groups is 1. The molecule has 5 nitrogen and oxygen atoms in total. The first-order valence-electron chi connectivity index (χ1n) is 8.84. The molecule has 0 unspecified atom stereocenters. The minimum absolute atomic E-state index is 0.0612. The lowest BCUT2D eigenvalue weighted by atomic mass is 10.0. The van der Waals surface area contributed by atoms with Gasteiger partial charge in [0.1, 0.15) is 0 Å². The van der Waals surface area contributed by atoms with Gasteiger partial charge in [-0.05, 0) is 74.6 Å². The van der Waals surface area contributed by atoms with Crippen LogP contribution < -0.4 is 9.62 Å². The van der Waals surface area contributed by atoms with Crippen molar-refractivity contribution in [2.45, 2.75) is 33.6 Å². The van der Waals surface area contributed by atoms with E-state index in [9.17, 15) is 13.2 Å². The van der Waals surface area contributed by atoms with Gasteiger partial charge in [-0.1, -0.05) is 12.1 Å². The van der Waals surface area contributed by atoms with E-state index in [-0.39, 0.29) is 11.7 Å². The molecule has 1 aliphatic heterocycles. The van der Waals surface area contributed by atoms with E-state index in [0.29, 0.717) is 23.5 Å². The van der Waals surface area contributed by atoms with Crippen molar-refractivity contribution >= 4 is 27.3 Å². The van der Waals surface area contributed by atoms with Crippen LogP contribution in [0.3, 0.4) is 0 Å². The molecule has 0 aromatic heterocycles. The number of aryl methyl sites for hydroxylation is 3. The Bertz CT molecular complexity index is 952. The molecule has 0 fully saturated rings. The minimum Gasteiger partial charge on any atom is -0.322 e. The van der Waals surface area contributed by atoms with Crippen molar-refractivity contribution < 1.29 is 13.2 Å². The third-order valence-electron chi connectivity index (χ3n) is 4.89. The lowest BCUT2D eigenvalue weighted by Gasteiger charge is -2.30. The van der Waals surface area contributed by atoms with Crippen LogP contribution in [0.15, 0.2) is 36.4 Å². The molecule has 1 heterocycles. The van der Waals surface area contributed by atoms with Crippen molar-refractivity contribution in [2.24, 2.45) is 0 Å². The van der Waals surface area contributed by atoms with Crippen molar-refractivity contribution in [1.82, 2.24) is 0 Å². The number of anilines is 2. The van der Waals surface area contributed by atoms with Gasteiger partial charge in [-0.25, -0.2) is 8.42 Å². The molecular formula is C20H24N2O3S. The zero-order valence-electron chi connectivity index (χ0n) is 15.4. The van der Waals surface area contributed by atoms with Crippen LogP contribution in [-0.4, -0.2) is 26.6 Å². The van der Waals surface area contributed by atoms with E-state index in [1.807, 2.05) is 38.1 Å². The van der Waals surface area contributed by atoms with E-state index in [4.69, 9.17) is 0 Å². The molecule has 0 radical (unpaired) electrons. The maximum Gasteiger partial charge on any atom is 0.255 e.